The van der Waals surface area contributed by atoms with Crippen LogP contribution in [0.4, 0.5) is 0 Å². The van der Waals surface area contributed by atoms with Crippen molar-refractivity contribution < 1.29 is 28.7 Å². The Bertz CT molecular complexity index is 875. The van der Waals surface area contributed by atoms with Crippen LogP contribution in [-0.2, 0) is 28.7 Å². The summed E-state index contributed by atoms with van der Waals surface area (Å²) in [5.41, 5.74) is 1.67. The summed E-state index contributed by atoms with van der Waals surface area (Å²) < 4.78 is 9.67. The van der Waals surface area contributed by atoms with Crippen molar-refractivity contribution in [3.8, 4) is 0 Å². The van der Waals surface area contributed by atoms with Crippen LogP contribution < -0.4 is 10.6 Å². The monoisotopic (exact) mass is 436 g/mol. The fraction of sp³-hybridized carbons (Fsp3) is 0.167. The van der Waals surface area contributed by atoms with E-state index in [0.29, 0.717) is 0 Å². The summed E-state index contributed by atoms with van der Waals surface area (Å²) in [6, 6.07) is 18.4. The van der Waals surface area contributed by atoms with E-state index in [0.717, 1.165) is 11.1 Å². The third-order valence-corrected chi connectivity index (χ3v) is 3.88. The van der Waals surface area contributed by atoms with E-state index < -0.39 is 37.0 Å². The summed E-state index contributed by atoms with van der Waals surface area (Å²) in [6.07, 6.45) is 5.64. The number of nitrogens with one attached hydrogen (secondary N) is 2. The van der Waals surface area contributed by atoms with Gasteiger partial charge in [-0.2, -0.15) is 0 Å². The molecule has 0 bridgehead atoms. The number of benzene rings is 2. The highest BCUT2D eigenvalue weighted by atomic mass is 16.5. The standard InChI is InChI=1S/C24H24N2O6/c27-21(17-31-23(29)13-11-19-7-3-1-4-8-19)25-15-16-26-22(28)18-32-24(30)14-12-20-9-5-2-6-10-20/h1-14H,15-18H2,(H,25,27)(H,26,28)/b13-11-,14-12+. The molecule has 0 saturated heterocycles. The second-order valence-corrected chi connectivity index (χ2v) is 6.40. The zero-order valence-corrected chi connectivity index (χ0v) is 17.4. The number of esters is 2. The van der Waals surface area contributed by atoms with E-state index in [1.54, 1.807) is 12.2 Å². The minimum Gasteiger partial charge on any atom is -0.452 e. The summed E-state index contributed by atoms with van der Waals surface area (Å²) in [4.78, 5) is 46.5. The Morgan fingerprint density at radius 2 is 1.00 bits per heavy atom. The lowest BCUT2D eigenvalue weighted by atomic mass is 10.2. The zero-order chi connectivity index (χ0) is 23.0. The van der Waals surface area contributed by atoms with Crippen LogP contribution in [0.3, 0.4) is 0 Å². The second kappa shape index (κ2) is 13.9. The zero-order valence-electron chi connectivity index (χ0n) is 17.4. The molecule has 2 amide bonds. The van der Waals surface area contributed by atoms with E-state index in [4.69, 9.17) is 9.47 Å². The lowest BCUT2D eigenvalue weighted by Gasteiger charge is -2.07. The molecule has 0 heterocycles. The highest BCUT2D eigenvalue weighted by molar-refractivity contribution is 5.90. The smallest absolute Gasteiger partial charge is 0.331 e. The molecule has 0 aliphatic rings. The summed E-state index contributed by atoms with van der Waals surface area (Å²) in [5, 5.41) is 4.99. The van der Waals surface area contributed by atoms with Crippen molar-refractivity contribution in [1.82, 2.24) is 10.6 Å². The first kappa shape index (κ1) is 24.1. The molecule has 0 unspecified atom stereocenters. The molecular weight excluding hydrogens is 412 g/mol. The summed E-state index contributed by atoms with van der Waals surface area (Å²) in [7, 11) is 0. The van der Waals surface area contributed by atoms with Crippen LogP contribution in [0.25, 0.3) is 12.2 Å². The maximum absolute atomic E-state index is 11.7. The number of rotatable bonds is 11. The van der Waals surface area contributed by atoms with Gasteiger partial charge in [-0.15, -0.1) is 0 Å². The first-order valence-electron chi connectivity index (χ1n) is 9.86. The van der Waals surface area contributed by atoms with Gasteiger partial charge in [0.05, 0.1) is 0 Å². The van der Waals surface area contributed by atoms with Gasteiger partial charge in [-0.3, -0.25) is 9.59 Å². The highest BCUT2D eigenvalue weighted by Crippen LogP contribution is 2.01. The van der Waals surface area contributed by atoms with Gasteiger partial charge in [0.1, 0.15) is 0 Å². The summed E-state index contributed by atoms with van der Waals surface area (Å²) in [6.45, 7) is -0.609. The molecule has 2 aromatic rings. The molecule has 8 nitrogen and oxygen atoms in total. The second-order valence-electron chi connectivity index (χ2n) is 6.40. The van der Waals surface area contributed by atoms with Crippen LogP contribution in [0.5, 0.6) is 0 Å². The molecule has 0 fully saturated rings. The van der Waals surface area contributed by atoms with E-state index in [-0.39, 0.29) is 13.1 Å². The van der Waals surface area contributed by atoms with Crippen LogP contribution in [0.2, 0.25) is 0 Å². The fourth-order valence-corrected chi connectivity index (χ4v) is 2.33. The Hall–Kier alpha value is -4.20. The van der Waals surface area contributed by atoms with E-state index >= 15 is 0 Å². The normalized spacial score (nSPS) is 10.6. The molecule has 0 spiro atoms. The average molecular weight is 436 g/mol. The molecule has 0 aliphatic heterocycles. The largest absolute Gasteiger partial charge is 0.452 e. The maximum atomic E-state index is 11.7. The Kier molecular flexibility index (Phi) is 10.5. The topological polar surface area (TPSA) is 111 Å². The Labute approximate surface area is 185 Å². The van der Waals surface area contributed by atoms with E-state index in [1.165, 1.54) is 12.2 Å². The van der Waals surface area contributed by atoms with Crippen LogP contribution in [0.15, 0.2) is 72.8 Å². The third-order valence-electron chi connectivity index (χ3n) is 3.88. The molecule has 2 rings (SSSR count). The Balaban J connectivity index is 1.52. The van der Waals surface area contributed by atoms with Gasteiger partial charge < -0.3 is 20.1 Å². The SMILES string of the molecule is O=C(COC(=O)/C=C\c1ccccc1)NCCNC(=O)COC(=O)/C=C/c1ccccc1. The molecular formula is C24H24N2O6. The maximum Gasteiger partial charge on any atom is 0.331 e. The van der Waals surface area contributed by atoms with Crippen LogP contribution in [-0.4, -0.2) is 50.1 Å². The van der Waals surface area contributed by atoms with E-state index in [9.17, 15) is 19.2 Å². The predicted molar refractivity (Wildman–Crippen MR) is 119 cm³/mol. The molecule has 8 heteroatoms. The number of amides is 2. The van der Waals surface area contributed by atoms with Crippen molar-refractivity contribution in [2.24, 2.45) is 0 Å². The minimum atomic E-state index is -0.638. The molecule has 166 valence electrons. The number of hydrogen-bond acceptors (Lipinski definition) is 6. The molecule has 0 saturated carbocycles. The van der Waals surface area contributed by atoms with Crippen molar-refractivity contribution >= 4 is 35.9 Å². The third kappa shape index (κ3) is 10.5. The van der Waals surface area contributed by atoms with Gasteiger partial charge in [-0.25, -0.2) is 9.59 Å². The van der Waals surface area contributed by atoms with Gasteiger partial charge in [0.2, 0.25) is 0 Å². The van der Waals surface area contributed by atoms with Gasteiger partial charge in [0.25, 0.3) is 11.8 Å². The summed E-state index contributed by atoms with van der Waals surface area (Å²) >= 11 is 0. The number of carbonyl (C=O) groups is 4. The molecule has 0 atom stereocenters. The molecule has 2 aromatic carbocycles. The van der Waals surface area contributed by atoms with Crippen molar-refractivity contribution in [3.63, 3.8) is 0 Å². The van der Waals surface area contributed by atoms with Crippen molar-refractivity contribution in [3.05, 3.63) is 83.9 Å². The van der Waals surface area contributed by atoms with Gasteiger partial charge >= 0.3 is 11.9 Å². The average Bonchev–Trinajstić information content (AvgIpc) is 2.82. The van der Waals surface area contributed by atoms with Crippen LogP contribution in [0.1, 0.15) is 11.1 Å². The Morgan fingerprint density at radius 3 is 1.38 bits per heavy atom. The fourth-order valence-electron chi connectivity index (χ4n) is 2.33. The number of hydrogen-bond donors (Lipinski definition) is 2. The van der Waals surface area contributed by atoms with Gasteiger partial charge in [-0.05, 0) is 23.3 Å². The lowest BCUT2D eigenvalue weighted by molar-refractivity contribution is -0.144. The van der Waals surface area contributed by atoms with Crippen LogP contribution in [0, 0.1) is 0 Å². The van der Waals surface area contributed by atoms with Gasteiger partial charge in [0, 0.05) is 25.2 Å². The number of ether oxygens (including phenoxy) is 2. The van der Waals surface area contributed by atoms with E-state index in [2.05, 4.69) is 10.6 Å². The first-order chi connectivity index (χ1) is 15.5. The number of carbonyl (C=O) groups excluding carboxylic acids is 4. The van der Waals surface area contributed by atoms with Crippen molar-refractivity contribution in [2.45, 2.75) is 0 Å². The summed E-state index contributed by atoms with van der Waals surface area (Å²) in [5.74, 6) is -2.28. The molecule has 32 heavy (non-hydrogen) atoms. The molecule has 0 radical (unpaired) electrons. The van der Waals surface area contributed by atoms with Gasteiger partial charge in [-0.1, -0.05) is 60.7 Å². The predicted octanol–water partition coefficient (Wildman–Crippen LogP) is 1.73. The first-order valence-corrected chi connectivity index (χ1v) is 9.86. The van der Waals surface area contributed by atoms with Gasteiger partial charge in [0.15, 0.2) is 13.2 Å². The van der Waals surface area contributed by atoms with Crippen LogP contribution >= 0.6 is 0 Å². The molecule has 0 aliphatic carbocycles. The lowest BCUT2D eigenvalue weighted by Crippen LogP contribution is -2.38. The highest BCUT2D eigenvalue weighted by Gasteiger charge is 2.07. The van der Waals surface area contributed by atoms with Crippen molar-refractivity contribution in [2.75, 3.05) is 26.3 Å². The quantitative estimate of drug-likeness (QED) is 0.315. The molecule has 0 aromatic heterocycles. The van der Waals surface area contributed by atoms with Crippen molar-refractivity contribution in [1.29, 1.82) is 0 Å². The van der Waals surface area contributed by atoms with E-state index in [1.807, 2.05) is 60.7 Å². The minimum absolute atomic E-state index is 0.129. The Morgan fingerprint density at radius 1 is 0.625 bits per heavy atom. The molecule has 2 N–H and O–H groups in total.